The van der Waals surface area contributed by atoms with E-state index < -0.39 is 0 Å². The molecule has 0 saturated carbocycles. The lowest BCUT2D eigenvalue weighted by molar-refractivity contribution is 0.934. The molecule has 1 aliphatic rings. The van der Waals surface area contributed by atoms with Crippen molar-refractivity contribution in [1.82, 2.24) is 14.5 Å². The molecule has 58 valence electrons. The monoisotopic (exact) mass is 158 g/mol. The highest BCUT2D eigenvalue weighted by atomic mass is 15.2. The number of rotatable bonds is 0. The third-order valence-corrected chi connectivity index (χ3v) is 1.98. The topological polar surface area (TPSA) is 43.1 Å². The molecule has 2 aromatic rings. The Labute approximate surface area is 68.6 Å². The Morgan fingerprint density at radius 3 is 3.42 bits per heavy atom. The van der Waals surface area contributed by atoms with Gasteiger partial charge in [0.25, 0.3) is 0 Å². The molecule has 0 fully saturated rings. The molecule has 0 aromatic carbocycles. The highest BCUT2D eigenvalue weighted by Gasteiger charge is 2.12. The first kappa shape index (κ1) is 5.88. The second-order valence-electron chi connectivity index (χ2n) is 2.68. The normalized spacial score (nSPS) is 14.0. The molecular formula is C8H6N4. The number of aliphatic imine (C=N–C) groups is 1. The quantitative estimate of drug-likeness (QED) is 0.577. The van der Waals surface area contributed by atoms with E-state index in [1.807, 2.05) is 22.9 Å². The molecule has 0 bridgehead atoms. The van der Waals surface area contributed by atoms with Crippen LogP contribution in [0, 0.1) is 0 Å². The van der Waals surface area contributed by atoms with Crippen LogP contribution < -0.4 is 0 Å². The minimum absolute atomic E-state index is 0.767. The maximum Gasteiger partial charge on any atom is 0.232 e. The number of fused-ring (bicyclic) bond motifs is 3. The van der Waals surface area contributed by atoms with E-state index in [4.69, 9.17) is 0 Å². The summed E-state index contributed by atoms with van der Waals surface area (Å²) in [6.45, 7) is 0.817. The first-order valence-corrected chi connectivity index (χ1v) is 3.79. The summed E-state index contributed by atoms with van der Waals surface area (Å²) in [5, 5.41) is 0. The number of pyridine rings is 1. The fourth-order valence-electron chi connectivity index (χ4n) is 1.43. The van der Waals surface area contributed by atoms with Crippen LogP contribution in [-0.2, 0) is 6.54 Å². The van der Waals surface area contributed by atoms with Gasteiger partial charge in [-0.2, -0.15) is 4.98 Å². The van der Waals surface area contributed by atoms with Gasteiger partial charge in [-0.3, -0.25) is 0 Å². The third kappa shape index (κ3) is 0.592. The molecule has 0 amide bonds. The summed E-state index contributed by atoms with van der Waals surface area (Å²) in [4.78, 5) is 12.5. The molecule has 3 rings (SSSR count). The van der Waals surface area contributed by atoms with Crippen LogP contribution in [0.3, 0.4) is 0 Å². The zero-order valence-corrected chi connectivity index (χ0v) is 6.31. The molecular weight excluding hydrogens is 152 g/mol. The van der Waals surface area contributed by atoms with Gasteiger partial charge in [-0.25, -0.2) is 9.98 Å². The zero-order valence-electron chi connectivity index (χ0n) is 6.31. The van der Waals surface area contributed by atoms with Gasteiger partial charge in [0.1, 0.15) is 0 Å². The predicted molar refractivity (Wildman–Crippen MR) is 45.7 cm³/mol. The lowest BCUT2D eigenvalue weighted by Gasteiger charge is -1.93. The molecule has 4 nitrogen and oxygen atoms in total. The molecule has 0 radical (unpaired) electrons. The highest BCUT2D eigenvalue weighted by Crippen LogP contribution is 2.21. The molecule has 0 aliphatic carbocycles. The van der Waals surface area contributed by atoms with E-state index in [2.05, 4.69) is 15.0 Å². The number of aromatic nitrogens is 3. The van der Waals surface area contributed by atoms with Gasteiger partial charge in [0.2, 0.25) is 5.95 Å². The number of hydrogen-bond acceptors (Lipinski definition) is 3. The smallest absolute Gasteiger partial charge is 0.232 e. The number of hydrogen-bond donors (Lipinski definition) is 0. The first-order chi connectivity index (χ1) is 5.95. The fourth-order valence-corrected chi connectivity index (χ4v) is 1.43. The van der Waals surface area contributed by atoms with Crippen LogP contribution in [0.25, 0.3) is 11.2 Å². The van der Waals surface area contributed by atoms with Gasteiger partial charge in [0, 0.05) is 12.4 Å². The van der Waals surface area contributed by atoms with Gasteiger partial charge in [0.05, 0.1) is 12.1 Å². The molecule has 0 N–H and O–H groups in total. The van der Waals surface area contributed by atoms with E-state index >= 15 is 0 Å². The van der Waals surface area contributed by atoms with Crippen LogP contribution in [0.15, 0.2) is 23.3 Å². The summed E-state index contributed by atoms with van der Waals surface area (Å²) in [5.74, 6) is 0.767. The van der Waals surface area contributed by atoms with Crippen molar-refractivity contribution in [3.8, 4) is 0 Å². The summed E-state index contributed by atoms with van der Waals surface area (Å²) in [7, 11) is 0. The van der Waals surface area contributed by atoms with E-state index in [1.165, 1.54) is 0 Å². The molecule has 4 heteroatoms. The first-order valence-electron chi connectivity index (χ1n) is 3.79. The van der Waals surface area contributed by atoms with E-state index in [-0.39, 0.29) is 0 Å². The largest absolute Gasteiger partial charge is 0.302 e. The van der Waals surface area contributed by atoms with Crippen LogP contribution in [0.5, 0.6) is 0 Å². The Balaban J connectivity index is 2.49. The van der Waals surface area contributed by atoms with Gasteiger partial charge in [-0.05, 0) is 12.1 Å². The van der Waals surface area contributed by atoms with Crippen LogP contribution in [-0.4, -0.2) is 20.7 Å². The molecule has 0 atom stereocenters. The van der Waals surface area contributed by atoms with Crippen LogP contribution in [0.2, 0.25) is 0 Å². The third-order valence-electron chi connectivity index (χ3n) is 1.98. The number of nitrogens with zero attached hydrogens (tertiary/aromatic N) is 4. The van der Waals surface area contributed by atoms with Crippen LogP contribution in [0.1, 0.15) is 0 Å². The van der Waals surface area contributed by atoms with Crippen LogP contribution in [0.4, 0.5) is 5.95 Å². The SMILES string of the molecule is C1=Nc2nc3ncccc3n2C1. The summed E-state index contributed by atoms with van der Waals surface area (Å²) >= 11 is 0. The predicted octanol–water partition coefficient (Wildman–Crippen LogP) is 1.15. The second kappa shape index (κ2) is 1.91. The molecule has 0 spiro atoms. The summed E-state index contributed by atoms with van der Waals surface area (Å²) in [6.07, 6.45) is 3.60. The van der Waals surface area contributed by atoms with E-state index in [0.717, 1.165) is 23.7 Å². The Morgan fingerprint density at radius 2 is 2.42 bits per heavy atom. The van der Waals surface area contributed by atoms with Crippen molar-refractivity contribution >= 4 is 23.3 Å². The lowest BCUT2D eigenvalue weighted by atomic mass is 10.4. The Kier molecular flexibility index (Phi) is 0.935. The van der Waals surface area contributed by atoms with Crippen LogP contribution >= 0.6 is 0 Å². The van der Waals surface area contributed by atoms with Crippen molar-refractivity contribution in [2.75, 3.05) is 0 Å². The molecule has 12 heavy (non-hydrogen) atoms. The Morgan fingerprint density at radius 1 is 1.42 bits per heavy atom. The maximum atomic E-state index is 4.25. The molecule has 2 aromatic heterocycles. The van der Waals surface area contributed by atoms with Crippen molar-refractivity contribution in [2.45, 2.75) is 6.54 Å². The van der Waals surface area contributed by atoms with Crippen molar-refractivity contribution < 1.29 is 0 Å². The molecule has 0 saturated heterocycles. The minimum Gasteiger partial charge on any atom is -0.302 e. The highest BCUT2D eigenvalue weighted by molar-refractivity contribution is 5.79. The second-order valence-corrected chi connectivity index (χ2v) is 2.68. The Hall–Kier alpha value is -1.71. The van der Waals surface area contributed by atoms with Crippen molar-refractivity contribution in [3.63, 3.8) is 0 Å². The van der Waals surface area contributed by atoms with E-state index in [1.54, 1.807) is 6.20 Å². The molecule has 1 aliphatic heterocycles. The maximum absolute atomic E-state index is 4.25. The summed E-state index contributed by atoms with van der Waals surface area (Å²) in [6, 6.07) is 3.92. The van der Waals surface area contributed by atoms with Crippen molar-refractivity contribution in [2.24, 2.45) is 4.99 Å². The minimum atomic E-state index is 0.767. The number of imidazole rings is 1. The summed E-state index contributed by atoms with van der Waals surface area (Å²) in [5.41, 5.74) is 1.84. The van der Waals surface area contributed by atoms with Crippen molar-refractivity contribution in [1.29, 1.82) is 0 Å². The van der Waals surface area contributed by atoms with Gasteiger partial charge in [0.15, 0.2) is 5.65 Å². The molecule has 0 unspecified atom stereocenters. The summed E-state index contributed by atoms with van der Waals surface area (Å²) < 4.78 is 2.04. The zero-order chi connectivity index (χ0) is 7.97. The van der Waals surface area contributed by atoms with E-state index in [9.17, 15) is 0 Å². The standard InChI is InChI=1S/C8H6N4/c1-2-6-7(9-3-1)11-8-10-4-5-12(6)8/h1-4H,5H2. The van der Waals surface area contributed by atoms with Gasteiger partial charge >= 0.3 is 0 Å². The van der Waals surface area contributed by atoms with Crippen molar-refractivity contribution in [3.05, 3.63) is 18.3 Å². The van der Waals surface area contributed by atoms with Gasteiger partial charge < -0.3 is 4.57 Å². The van der Waals surface area contributed by atoms with Gasteiger partial charge in [-0.15, -0.1) is 0 Å². The average Bonchev–Trinajstić information content (AvgIpc) is 2.62. The average molecular weight is 158 g/mol. The van der Waals surface area contributed by atoms with E-state index in [0.29, 0.717) is 0 Å². The lowest BCUT2D eigenvalue weighted by Crippen LogP contribution is -1.91. The van der Waals surface area contributed by atoms with Gasteiger partial charge in [-0.1, -0.05) is 0 Å². The Bertz CT molecular complexity index is 469. The fraction of sp³-hybridized carbons (Fsp3) is 0.125. The molecule has 3 heterocycles.